The van der Waals surface area contributed by atoms with Crippen molar-refractivity contribution in [2.75, 3.05) is 11.9 Å². The number of aromatic nitrogens is 3. The molecule has 124 valence electrons. The molecule has 6 heteroatoms. The maximum absolute atomic E-state index is 11.7. The molecule has 0 aliphatic carbocycles. The third kappa shape index (κ3) is 3.53. The zero-order valence-corrected chi connectivity index (χ0v) is 13.8. The molecule has 0 aliphatic rings. The largest absolute Gasteiger partial charge is 0.494 e. The van der Waals surface area contributed by atoms with Crippen LogP contribution in [0.3, 0.4) is 0 Å². The Balaban J connectivity index is 1.84. The zero-order valence-electron chi connectivity index (χ0n) is 13.8. The number of hydrogen-bond acceptors (Lipinski definition) is 4. The number of anilines is 1. The number of carbonyl (C=O) groups excluding carboxylic acids is 1. The topological polar surface area (TPSA) is 69.0 Å². The van der Waals surface area contributed by atoms with Crippen LogP contribution in [0.15, 0.2) is 42.5 Å². The summed E-state index contributed by atoms with van der Waals surface area (Å²) in [5.74, 6) is 0.828. The average molecular weight is 324 g/mol. The number of rotatable bonds is 6. The number of nitrogens with zero attached hydrogens (tertiary/aromatic N) is 3. The molecule has 1 aromatic heterocycles. The van der Waals surface area contributed by atoms with Gasteiger partial charge >= 0.3 is 0 Å². The predicted octanol–water partition coefficient (Wildman–Crippen LogP) is 3.56. The number of fused-ring (bicyclic) bond motifs is 1. The highest BCUT2D eigenvalue weighted by atomic mass is 16.5. The molecule has 6 nitrogen and oxygen atoms in total. The Labute approximate surface area is 140 Å². The molecule has 0 unspecified atom stereocenters. The standard InChI is InChI=1S/C18H20N4O2/c1-3-5-18(23)19-13-6-11-16-17(12-13)21-22(20-16)14-7-9-15(10-8-14)24-4-2/h6-12H,3-5H2,1-2H3,(H,19,23). The first-order valence-electron chi connectivity index (χ1n) is 8.09. The van der Waals surface area contributed by atoms with Crippen molar-refractivity contribution in [3.8, 4) is 11.4 Å². The Morgan fingerprint density at radius 2 is 1.83 bits per heavy atom. The van der Waals surface area contributed by atoms with Gasteiger partial charge in [-0.15, -0.1) is 10.2 Å². The SMILES string of the molecule is CCCC(=O)Nc1ccc2nn(-c3ccc(OCC)cc3)nc2c1. The van der Waals surface area contributed by atoms with Gasteiger partial charge in [0.05, 0.1) is 12.3 Å². The highest BCUT2D eigenvalue weighted by Gasteiger charge is 2.07. The van der Waals surface area contributed by atoms with Gasteiger partial charge in [-0.05, 0) is 55.8 Å². The summed E-state index contributed by atoms with van der Waals surface area (Å²) in [7, 11) is 0. The highest BCUT2D eigenvalue weighted by Crippen LogP contribution is 2.19. The van der Waals surface area contributed by atoms with Crippen molar-refractivity contribution in [2.45, 2.75) is 26.7 Å². The molecule has 2 aromatic carbocycles. The molecule has 1 amide bonds. The van der Waals surface area contributed by atoms with Gasteiger partial charge in [0.25, 0.3) is 0 Å². The molecule has 0 fully saturated rings. The Morgan fingerprint density at radius 1 is 1.08 bits per heavy atom. The molecule has 0 aliphatic heterocycles. The summed E-state index contributed by atoms with van der Waals surface area (Å²) in [5.41, 5.74) is 3.10. The van der Waals surface area contributed by atoms with Crippen LogP contribution < -0.4 is 10.1 Å². The van der Waals surface area contributed by atoms with Crippen LogP contribution in [0.2, 0.25) is 0 Å². The van der Waals surface area contributed by atoms with Crippen LogP contribution in [0.5, 0.6) is 5.75 Å². The van der Waals surface area contributed by atoms with Gasteiger partial charge in [0, 0.05) is 12.1 Å². The second-order valence-corrected chi connectivity index (χ2v) is 5.42. The maximum atomic E-state index is 11.7. The fourth-order valence-electron chi connectivity index (χ4n) is 2.40. The first kappa shape index (κ1) is 16.0. The van der Waals surface area contributed by atoms with Crippen molar-refractivity contribution in [3.63, 3.8) is 0 Å². The van der Waals surface area contributed by atoms with E-state index in [4.69, 9.17) is 4.74 Å². The van der Waals surface area contributed by atoms with Gasteiger partial charge in [-0.2, -0.15) is 4.80 Å². The summed E-state index contributed by atoms with van der Waals surface area (Å²) < 4.78 is 5.44. The van der Waals surface area contributed by atoms with Crippen molar-refractivity contribution >= 4 is 22.6 Å². The van der Waals surface area contributed by atoms with Gasteiger partial charge in [0.15, 0.2) is 0 Å². The van der Waals surface area contributed by atoms with Crippen LogP contribution >= 0.6 is 0 Å². The van der Waals surface area contributed by atoms with Gasteiger partial charge in [0.2, 0.25) is 5.91 Å². The fraction of sp³-hybridized carbons (Fsp3) is 0.278. The first-order chi connectivity index (χ1) is 11.7. The number of nitrogens with one attached hydrogen (secondary N) is 1. The van der Waals surface area contributed by atoms with Crippen molar-refractivity contribution in [1.29, 1.82) is 0 Å². The van der Waals surface area contributed by atoms with E-state index in [1.54, 1.807) is 4.80 Å². The Morgan fingerprint density at radius 3 is 2.54 bits per heavy atom. The summed E-state index contributed by atoms with van der Waals surface area (Å²) in [6, 6.07) is 13.1. The number of carbonyl (C=O) groups is 1. The second-order valence-electron chi connectivity index (χ2n) is 5.42. The molecule has 24 heavy (non-hydrogen) atoms. The molecular weight excluding hydrogens is 304 g/mol. The molecule has 0 bridgehead atoms. The van der Waals surface area contributed by atoms with Gasteiger partial charge in [-0.25, -0.2) is 0 Å². The molecule has 0 saturated carbocycles. The number of amides is 1. The van der Waals surface area contributed by atoms with E-state index in [0.717, 1.165) is 34.6 Å². The molecular formula is C18H20N4O2. The van der Waals surface area contributed by atoms with Crippen LogP contribution in [0.25, 0.3) is 16.7 Å². The van der Waals surface area contributed by atoms with Crippen LogP contribution in [-0.4, -0.2) is 27.5 Å². The van der Waals surface area contributed by atoms with Crippen LogP contribution in [0.1, 0.15) is 26.7 Å². The van der Waals surface area contributed by atoms with E-state index in [2.05, 4.69) is 15.5 Å². The zero-order chi connectivity index (χ0) is 16.9. The van der Waals surface area contributed by atoms with E-state index in [-0.39, 0.29) is 5.91 Å². The van der Waals surface area contributed by atoms with Crippen molar-refractivity contribution in [1.82, 2.24) is 15.0 Å². The molecule has 1 heterocycles. The molecule has 0 saturated heterocycles. The lowest BCUT2D eigenvalue weighted by molar-refractivity contribution is -0.116. The second kappa shape index (κ2) is 7.12. The van der Waals surface area contributed by atoms with Gasteiger partial charge in [-0.3, -0.25) is 4.79 Å². The summed E-state index contributed by atoms with van der Waals surface area (Å²) in [5, 5.41) is 11.8. The number of hydrogen-bond donors (Lipinski definition) is 1. The monoisotopic (exact) mass is 324 g/mol. The minimum Gasteiger partial charge on any atom is -0.494 e. The minimum absolute atomic E-state index is 0.00996. The van der Waals surface area contributed by atoms with E-state index in [1.807, 2.05) is 56.3 Å². The summed E-state index contributed by atoms with van der Waals surface area (Å²) in [6.45, 7) is 4.56. The molecule has 3 aromatic rings. The third-order valence-electron chi connectivity index (χ3n) is 3.52. The molecule has 0 atom stereocenters. The maximum Gasteiger partial charge on any atom is 0.224 e. The Kier molecular flexibility index (Phi) is 4.74. The van der Waals surface area contributed by atoms with Gasteiger partial charge in [0.1, 0.15) is 16.8 Å². The summed E-state index contributed by atoms with van der Waals surface area (Å²) in [4.78, 5) is 13.3. The van der Waals surface area contributed by atoms with Crippen LogP contribution in [-0.2, 0) is 4.79 Å². The Hall–Kier alpha value is -2.89. The minimum atomic E-state index is 0.00996. The number of benzene rings is 2. The van der Waals surface area contributed by atoms with Gasteiger partial charge < -0.3 is 10.1 Å². The van der Waals surface area contributed by atoms with E-state index in [1.165, 1.54) is 0 Å². The highest BCUT2D eigenvalue weighted by molar-refractivity contribution is 5.92. The first-order valence-corrected chi connectivity index (χ1v) is 8.09. The average Bonchev–Trinajstić information content (AvgIpc) is 2.99. The smallest absolute Gasteiger partial charge is 0.224 e. The normalized spacial score (nSPS) is 10.8. The lowest BCUT2D eigenvalue weighted by Gasteiger charge is -2.03. The lowest BCUT2D eigenvalue weighted by Crippen LogP contribution is -2.10. The van der Waals surface area contributed by atoms with Crippen LogP contribution in [0.4, 0.5) is 5.69 Å². The quantitative estimate of drug-likeness (QED) is 0.753. The fourth-order valence-corrected chi connectivity index (χ4v) is 2.40. The van der Waals surface area contributed by atoms with E-state index >= 15 is 0 Å². The van der Waals surface area contributed by atoms with E-state index in [0.29, 0.717) is 13.0 Å². The number of ether oxygens (including phenoxy) is 1. The van der Waals surface area contributed by atoms with Gasteiger partial charge in [-0.1, -0.05) is 6.92 Å². The molecule has 0 spiro atoms. The van der Waals surface area contributed by atoms with Crippen molar-refractivity contribution in [3.05, 3.63) is 42.5 Å². The van der Waals surface area contributed by atoms with E-state index in [9.17, 15) is 4.79 Å². The summed E-state index contributed by atoms with van der Waals surface area (Å²) >= 11 is 0. The van der Waals surface area contributed by atoms with E-state index < -0.39 is 0 Å². The molecule has 1 N–H and O–H groups in total. The third-order valence-corrected chi connectivity index (χ3v) is 3.52. The Bertz CT molecular complexity index is 840. The van der Waals surface area contributed by atoms with Crippen molar-refractivity contribution in [2.24, 2.45) is 0 Å². The van der Waals surface area contributed by atoms with Crippen molar-refractivity contribution < 1.29 is 9.53 Å². The predicted molar refractivity (Wildman–Crippen MR) is 93.6 cm³/mol. The lowest BCUT2D eigenvalue weighted by atomic mass is 10.2. The molecule has 0 radical (unpaired) electrons. The summed E-state index contributed by atoms with van der Waals surface area (Å²) in [6.07, 6.45) is 1.33. The van der Waals surface area contributed by atoms with Crippen LogP contribution in [0, 0.1) is 0 Å². The molecule has 3 rings (SSSR count).